The van der Waals surface area contributed by atoms with Gasteiger partial charge >= 0.3 is 0 Å². The van der Waals surface area contributed by atoms with Crippen molar-refractivity contribution in [3.8, 4) is 5.75 Å². The molecule has 0 saturated carbocycles. The minimum Gasteiger partial charge on any atom is -0.467 e. The monoisotopic (exact) mass is 347 g/mol. The lowest BCUT2D eigenvalue weighted by Crippen LogP contribution is -2.13. The third kappa shape index (κ3) is 3.58. The molecule has 0 atom stereocenters. The van der Waals surface area contributed by atoms with Crippen LogP contribution in [0.15, 0.2) is 24.4 Å². The van der Waals surface area contributed by atoms with Gasteiger partial charge in [-0.2, -0.15) is 0 Å². The van der Waals surface area contributed by atoms with E-state index in [0.717, 1.165) is 4.88 Å². The molecule has 8 nitrogen and oxygen atoms in total. The molecular weight excluding hydrogens is 334 g/mol. The Hall–Kier alpha value is -2.78. The molecule has 0 unspecified atom stereocenters. The highest BCUT2D eigenvalue weighted by Crippen LogP contribution is 2.33. The number of carbonyl (C=O) groups is 1. The van der Waals surface area contributed by atoms with Crippen molar-refractivity contribution >= 4 is 34.1 Å². The van der Waals surface area contributed by atoms with E-state index in [0.29, 0.717) is 22.0 Å². The second-order valence-corrected chi connectivity index (χ2v) is 6.22. The van der Waals surface area contributed by atoms with E-state index in [1.807, 2.05) is 6.92 Å². The zero-order chi connectivity index (χ0) is 17.1. The van der Waals surface area contributed by atoms with E-state index in [2.05, 4.69) is 10.3 Å². The third-order valence-corrected chi connectivity index (χ3v) is 4.03. The molecule has 0 saturated heterocycles. The SMILES string of the molecule is Cc1cnc(NC(=O)/C=C/c2cc([N+](=O)[O-])cc3c2OCOC3)s1. The number of fused-ring (bicyclic) bond motifs is 1. The van der Waals surface area contributed by atoms with Crippen LogP contribution in [0.25, 0.3) is 6.08 Å². The molecule has 24 heavy (non-hydrogen) atoms. The van der Waals surface area contributed by atoms with Crippen molar-refractivity contribution in [2.24, 2.45) is 0 Å². The van der Waals surface area contributed by atoms with Crippen molar-refractivity contribution in [3.63, 3.8) is 0 Å². The van der Waals surface area contributed by atoms with Gasteiger partial charge < -0.3 is 9.47 Å². The molecule has 1 N–H and O–H groups in total. The Labute approximate surface area is 140 Å². The first-order chi connectivity index (χ1) is 11.5. The van der Waals surface area contributed by atoms with Crippen molar-refractivity contribution < 1.29 is 19.2 Å². The molecule has 2 aromatic rings. The van der Waals surface area contributed by atoms with E-state index in [4.69, 9.17) is 9.47 Å². The van der Waals surface area contributed by atoms with Gasteiger partial charge in [0.15, 0.2) is 11.9 Å². The number of hydrogen-bond acceptors (Lipinski definition) is 7. The molecule has 0 spiro atoms. The maximum Gasteiger partial charge on any atom is 0.270 e. The topological polar surface area (TPSA) is 104 Å². The molecule has 1 aromatic heterocycles. The number of aryl methyl sites for hydroxylation is 1. The van der Waals surface area contributed by atoms with Gasteiger partial charge in [-0.3, -0.25) is 20.2 Å². The fourth-order valence-electron chi connectivity index (χ4n) is 2.19. The molecule has 1 aliphatic heterocycles. The zero-order valence-electron chi connectivity index (χ0n) is 12.6. The van der Waals surface area contributed by atoms with Gasteiger partial charge in [0.25, 0.3) is 5.69 Å². The number of nitrogens with zero attached hydrogens (tertiary/aromatic N) is 2. The number of nitrogens with one attached hydrogen (secondary N) is 1. The van der Waals surface area contributed by atoms with Crippen molar-refractivity contribution in [1.29, 1.82) is 0 Å². The lowest BCUT2D eigenvalue weighted by Gasteiger charge is -2.19. The van der Waals surface area contributed by atoms with Crippen LogP contribution < -0.4 is 10.1 Å². The summed E-state index contributed by atoms with van der Waals surface area (Å²) in [6, 6.07) is 2.77. The summed E-state index contributed by atoms with van der Waals surface area (Å²) in [6.45, 7) is 2.18. The Morgan fingerprint density at radius 2 is 2.33 bits per heavy atom. The molecule has 1 aromatic carbocycles. The number of anilines is 1. The van der Waals surface area contributed by atoms with Crippen LogP contribution in [0.1, 0.15) is 16.0 Å². The van der Waals surface area contributed by atoms with Crippen molar-refractivity contribution in [3.05, 3.63) is 50.5 Å². The first-order valence-corrected chi connectivity index (χ1v) is 7.78. The highest BCUT2D eigenvalue weighted by atomic mass is 32.1. The number of amides is 1. The molecule has 0 aliphatic carbocycles. The van der Waals surface area contributed by atoms with Crippen molar-refractivity contribution in [2.45, 2.75) is 13.5 Å². The molecular formula is C15H13N3O5S. The minimum atomic E-state index is -0.495. The summed E-state index contributed by atoms with van der Waals surface area (Å²) in [5.74, 6) is 0.109. The molecule has 0 fully saturated rings. The van der Waals surface area contributed by atoms with Gasteiger partial charge in [0, 0.05) is 40.4 Å². The Balaban J connectivity index is 1.84. The number of thiazole rings is 1. The van der Waals surface area contributed by atoms with Gasteiger partial charge in [-0.15, -0.1) is 11.3 Å². The Morgan fingerprint density at radius 1 is 1.50 bits per heavy atom. The second-order valence-electron chi connectivity index (χ2n) is 4.99. The van der Waals surface area contributed by atoms with Crippen LogP contribution in [0.2, 0.25) is 0 Å². The average Bonchev–Trinajstić information content (AvgIpc) is 2.97. The summed E-state index contributed by atoms with van der Waals surface area (Å²) < 4.78 is 10.5. The predicted molar refractivity (Wildman–Crippen MR) is 87.9 cm³/mol. The first kappa shape index (κ1) is 16.1. The van der Waals surface area contributed by atoms with Crippen LogP contribution in [0, 0.1) is 17.0 Å². The van der Waals surface area contributed by atoms with Gasteiger partial charge in [-0.1, -0.05) is 0 Å². The maximum absolute atomic E-state index is 12.0. The largest absolute Gasteiger partial charge is 0.467 e. The summed E-state index contributed by atoms with van der Waals surface area (Å²) in [5.41, 5.74) is 0.942. The lowest BCUT2D eigenvalue weighted by molar-refractivity contribution is -0.385. The number of aromatic nitrogens is 1. The normalized spacial score (nSPS) is 13.4. The fraction of sp³-hybridized carbons (Fsp3) is 0.200. The molecule has 0 radical (unpaired) electrons. The maximum atomic E-state index is 12.0. The van der Waals surface area contributed by atoms with E-state index >= 15 is 0 Å². The molecule has 1 amide bonds. The van der Waals surface area contributed by atoms with E-state index in [9.17, 15) is 14.9 Å². The number of benzene rings is 1. The van der Waals surface area contributed by atoms with Gasteiger partial charge in [0.1, 0.15) is 5.75 Å². The minimum absolute atomic E-state index is 0.0657. The standard InChI is InChI=1S/C15H13N3O5S/c1-9-6-16-15(24-9)17-13(19)3-2-10-4-12(18(20)21)5-11-7-22-8-23-14(10)11/h2-6H,7-8H2,1H3,(H,16,17,19)/b3-2+. The van der Waals surface area contributed by atoms with E-state index < -0.39 is 4.92 Å². The van der Waals surface area contributed by atoms with E-state index in [1.165, 1.54) is 35.6 Å². The number of rotatable bonds is 4. The first-order valence-electron chi connectivity index (χ1n) is 6.96. The summed E-state index contributed by atoms with van der Waals surface area (Å²) in [5, 5.41) is 14.2. The van der Waals surface area contributed by atoms with Crippen LogP contribution in [0.3, 0.4) is 0 Å². The van der Waals surface area contributed by atoms with Crippen molar-refractivity contribution in [2.75, 3.05) is 12.1 Å². The summed E-state index contributed by atoms with van der Waals surface area (Å²) in [4.78, 5) is 27.5. The van der Waals surface area contributed by atoms with E-state index in [1.54, 1.807) is 6.20 Å². The Bertz CT molecular complexity index is 831. The number of nitro groups is 1. The van der Waals surface area contributed by atoms with Crippen LogP contribution in [0.4, 0.5) is 10.8 Å². The smallest absolute Gasteiger partial charge is 0.270 e. The number of ether oxygens (including phenoxy) is 2. The summed E-state index contributed by atoms with van der Waals surface area (Å²) in [6.07, 6.45) is 4.43. The fourth-order valence-corrected chi connectivity index (χ4v) is 2.85. The van der Waals surface area contributed by atoms with Gasteiger partial charge in [0.05, 0.1) is 11.5 Å². The van der Waals surface area contributed by atoms with Crippen LogP contribution in [-0.2, 0) is 16.1 Å². The third-order valence-electron chi connectivity index (χ3n) is 3.20. The lowest BCUT2D eigenvalue weighted by atomic mass is 10.1. The van der Waals surface area contributed by atoms with Crippen molar-refractivity contribution in [1.82, 2.24) is 4.98 Å². The van der Waals surface area contributed by atoms with Crippen LogP contribution in [-0.4, -0.2) is 22.6 Å². The van der Waals surface area contributed by atoms with Crippen LogP contribution in [0.5, 0.6) is 5.75 Å². The highest BCUT2D eigenvalue weighted by Gasteiger charge is 2.19. The number of non-ortho nitro benzene ring substituents is 1. The van der Waals surface area contributed by atoms with Gasteiger partial charge in [-0.05, 0) is 13.0 Å². The number of nitro benzene ring substituents is 1. The molecule has 2 heterocycles. The highest BCUT2D eigenvalue weighted by molar-refractivity contribution is 7.15. The molecule has 9 heteroatoms. The Morgan fingerprint density at radius 3 is 3.04 bits per heavy atom. The molecule has 1 aliphatic rings. The van der Waals surface area contributed by atoms with Crippen LogP contribution >= 0.6 is 11.3 Å². The summed E-state index contributed by atoms with van der Waals surface area (Å²) >= 11 is 1.36. The number of carbonyl (C=O) groups excluding carboxylic acids is 1. The number of hydrogen-bond donors (Lipinski definition) is 1. The zero-order valence-corrected chi connectivity index (χ0v) is 13.5. The summed E-state index contributed by atoms with van der Waals surface area (Å²) in [7, 11) is 0. The second kappa shape index (κ2) is 6.77. The molecule has 0 bridgehead atoms. The quantitative estimate of drug-likeness (QED) is 0.518. The average molecular weight is 347 g/mol. The predicted octanol–water partition coefficient (Wildman–Crippen LogP) is 2.88. The Kier molecular flexibility index (Phi) is 4.54. The van der Waals surface area contributed by atoms with E-state index in [-0.39, 0.29) is 25.0 Å². The molecule has 124 valence electrons. The van der Waals surface area contributed by atoms with Gasteiger partial charge in [0.2, 0.25) is 5.91 Å². The molecule has 3 rings (SSSR count). The van der Waals surface area contributed by atoms with Gasteiger partial charge in [-0.25, -0.2) is 4.98 Å².